The Balaban J connectivity index is 1.47. The zero-order valence-electron chi connectivity index (χ0n) is 17.5. The molecule has 2 aromatic carbocycles. The highest BCUT2D eigenvalue weighted by molar-refractivity contribution is 7.17. The van der Waals surface area contributed by atoms with Crippen molar-refractivity contribution in [2.24, 2.45) is 0 Å². The minimum atomic E-state index is 0.123. The van der Waals surface area contributed by atoms with Crippen molar-refractivity contribution in [2.45, 2.75) is 32.1 Å². The first-order valence-corrected chi connectivity index (χ1v) is 11.6. The Hall–Kier alpha value is -2.89. The standard InChI is InChI=1S/C26H24N2O2S/c1-17-4-2-6-20(14-17)23(29)16-18-5-3-7-21(15-18)26-27-22-10-13-31-25(22)24(28-26)19-8-11-30-12-9-19/h2-7,10,13-15,19H,8-9,11-12,16H2,1H3. The molecule has 5 heteroatoms. The molecule has 1 fully saturated rings. The Bertz CT molecular complexity index is 1240. The van der Waals surface area contributed by atoms with Gasteiger partial charge in [-0.1, -0.05) is 42.0 Å². The molecule has 2 aromatic heterocycles. The maximum Gasteiger partial charge on any atom is 0.167 e. The van der Waals surface area contributed by atoms with Crippen molar-refractivity contribution in [1.29, 1.82) is 0 Å². The zero-order valence-corrected chi connectivity index (χ0v) is 18.3. The van der Waals surface area contributed by atoms with E-state index in [2.05, 4.69) is 17.5 Å². The summed E-state index contributed by atoms with van der Waals surface area (Å²) in [7, 11) is 0. The third-order valence-corrected chi connectivity index (χ3v) is 6.75. The maximum atomic E-state index is 12.8. The number of fused-ring (bicyclic) bond motifs is 1. The fourth-order valence-electron chi connectivity index (χ4n) is 4.19. The summed E-state index contributed by atoms with van der Waals surface area (Å²) in [5, 5.41) is 2.09. The molecule has 0 N–H and O–H groups in total. The summed E-state index contributed by atoms with van der Waals surface area (Å²) in [6, 6.07) is 17.9. The minimum Gasteiger partial charge on any atom is -0.381 e. The van der Waals surface area contributed by atoms with Crippen LogP contribution in [0.4, 0.5) is 0 Å². The number of Topliss-reactive ketones (excluding diaryl/α,β-unsaturated/α-hetero) is 1. The molecule has 3 heterocycles. The Morgan fingerprint density at radius 1 is 1.06 bits per heavy atom. The van der Waals surface area contributed by atoms with Crippen molar-refractivity contribution in [3.63, 3.8) is 0 Å². The van der Waals surface area contributed by atoms with Gasteiger partial charge in [-0.15, -0.1) is 11.3 Å². The number of aryl methyl sites for hydroxylation is 1. The smallest absolute Gasteiger partial charge is 0.167 e. The molecule has 0 bridgehead atoms. The molecule has 156 valence electrons. The minimum absolute atomic E-state index is 0.123. The Labute approximate surface area is 185 Å². The van der Waals surface area contributed by atoms with Gasteiger partial charge >= 0.3 is 0 Å². The van der Waals surface area contributed by atoms with Gasteiger partial charge in [0.15, 0.2) is 11.6 Å². The van der Waals surface area contributed by atoms with Crippen LogP contribution in [0.5, 0.6) is 0 Å². The normalized spacial score (nSPS) is 14.7. The molecule has 1 aliphatic rings. The number of carbonyl (C=O) groups is 1. The average molecular weight is 429 g/mol. The Kier molecular flexibility index (Phi) is 5.62. The van der Waals surface area contributed by atoms with E-state index in [-0.39, 0.29) is 5.78 Å². The third-order valence-electron chi connectivity index (χ3n) is 5.83. The SMILES string of the molecule is Cc1cccc(C(=O)Cc2cccc(-c3nc(C4CCOCC4)c4sccc4n3)c2)c1. The van der Waals surface area contributed by atoms with Gasteiger partial charge in [0.1, 0.15) is 0 Å². The number of ether oxygens (including phenoxy) is 1. The van der Waals surface area contributed by atoms with Crippen LogP contribution in [0.2, 0.25) is 0 Å². The molecule has 0 saturated carbocycles. The third kappa shape index (κ3) is 4.29. The average Bonchev–Trinajstić information content (AvgIpc) is 3.28. The molecule has 1 aliphatic heterocycles. The number of carbonyl (C=O) groups excluding carboxylic acids is 1. The van der Waals surface area contributed by atoms with Crippen LogP contribution in [0.15, 0.2) is 60.0 Å². The van der Waals surface area contributed by atoms with Crippen LogP contribution in [0, 0.1) is 6.92 Å². The molecule has 5 rings (SSSR count). The first-order chi connectivity index (χ1) is 15.2. The van der Waals surface area contributed by atoms with Gasteiger partial charge in [0.2, 0.25) is 0 Å². The topological polar surface area (TPSA) is 52.1 Å². The second kappa shape index (κ2) is 8.69. The molecular weight excluding hydrogens is 404 g/mol. The summed E-state index contributed by atoms with van der Waals surface area (Å²) >= 11 is 1.71. The molecule has 0 unspecified atom stereocenters. The number of hydrogen-bond acceptors (Lipinski definition) is 5. The van der Waals surface area contributed by atoms with Crippen LogP contribution < -0.4 is 0 Å². The van der Waals surface area contributed by atoms with E-state index in [1.807, 2.05) is 49.4 Å². The zero-order chi connectivity index (χ0) is 21.2. The molecule has 0 amide bonds. The lowest BCUT2D eigenvalue weighted by Crippen LogP contribution is -2.15. The van der Waals surface area contributed by atoms with Crippen molar-refractivity contribution < 1.29 is 9.53 Å². The highest BCUT2D eigenvalue weighted by atomic mass is 32.1. The number of nitrogens with zero attached hydrogens (tertiary/aromatic N) is 2. The molecule has 4 aromatic rings. The number of ketones is 1. The van der Waals surface area contributed by atoms with Crippen LogP contribution in [-0.4, -0.2) is 29.0 Å². The quantitative estimate of drug-likeness (QED) is 0.367. The lowest BCUT2D eigenvalue weighted by molar-refractivity contribution is 0.0848. The first kappa shape index (κ1) is 20.0. The van der Waals surface area contributed by atoms with Gasteiger partial charge in [-0.05, 0) is 48.9 Å². The first-order valence-electron chi connectivity index (χ1n) is 10.7. The van der Waals surface area contributed by atoms with E-state index in [0.29, 0.717) is 12.3 Å². The Morgan fingerprint density at radius 2 is 1.90 bits per heavy atom. The Morgan fingerprint density at radius 3 is 2.74 bits per heavy atom. The van der Waals surface area contributed by atoms with E-state index < -0.39 is 0 Å². The van der Waals surface area contributed by atoms with Gasteiger partial charge in [0.05, 0.1) is 15.9 Å². The van der Waals surface area contributed by atoms with Gasteiger partial charge in [-0.25, -0.2) is 9.97 Å². The molecule has 4 nitrogen and oxygen atoms in total. The fourth-order valence-corrected chi connectivity index (χ4v) is 5.09. The van der Waals surface area contributed by atoms with Crippen LogP contribution >= 0.6 is 11.3 Å². The van der Waals surface area contributed by atoms with Crippen LogP contribution in [-0.2, 0) is 11.2 Å². The van der Waals surface area contributed by atoms with Crippen molar-refractivity contribution in [1.82, 2.24) is 9.97 Å². The van der Waals surface area contributed by atoms with E-state index in [1.54, 1.807) is 11.3 Å². The molecule has 0 radical (unpaired) electrons. The number of rotatable bonds is 5. The van der Waals surface area contributed by atoms with Crippen LogP contribution in [0.3, 0.4) is 0 Å². The summed E-state index contributed by atoms with van der Waals surface area (Å²) in [6.45, 7) is 3.58. The van der Waals surface area contributed by atoms with Gasteiger partial charge in [-0.2, -0.15) is 0 Å². The highest BCUT2D eigenvalue weighted by Gasteiger charge is 2.22. The van der Waals surface area contributed by atoms with Crippen molar-refractivity contribution in [3.8, 4) is 11.4 Å². The molecule has 0 atom stereocenters. The van der Waals surface area contributed by atoms with Gasteiger partial charge < -0.3 is 4.74 Å². The van der Waals surface area contributed by atoms with E-state index in [1.165, 1.54) is 4.70 Å². The van der Waals surface area contributed by atoms with E-state index in [4.69, 9.17) is 14.7 Å². The lowest BCUT2D eigenvalue weighted by atomic mass is 9.95. The molecule has 0 aliphatic carbocycles. The van der Waals surface area contributed by atoms with Gasteiger partial charge in [-0.3, -0.25) is 4.79 Å². The lowest BCUT2D eigenvalue weighted by Gasteiger charge is -2.22. The molecule has 0 spiro atoms. The molecule has 1 saturated heterocycles. The van der Waals surface area contributed by atoms with Crippen molar-refractivity contribution in [3.05, 3.63) is 82.4 Å². The second-order valence-electron chi connectivity index (χ2n) is 8.12. The number of benzene rings is 2. The van der Waals surface area contributed by atoms with Gasteiger partial charge in [0.25, 0.3) is 0 Å². The van der Waals surface area contributed by atoms with Crippen molar-refractivity contribution >= 4 is 27.3 Å². The summed E-state index contributed by atoms with van der Waals surface area (Å²) in [4.78, 5) is 22.6. The maximum absolute atomic E-state index is 12.8. The highest BCUT2D eigenvalue weighted by Crippen LogP contribution is 2.35. The molecular formula is C26H24N2O2S. The fraction of sp³-hybridized carbons (Fsp3) is 0.269. The number of thiophene rings is 1. The van der Waals surface area contributed by atoms with Gasteiger partial charge in [0, 0.05) is 36.7 Å². The predicted molar refractivity (Wildman–Crippen MR) is 125 cm³/mol. The van der Waals surface area contributed by atoms with Crippen LogP contribution in [0.25, 0.3) is 21.6 Å². The van der Waals surface area contributed by atoms with E-state index in [9.17, 15) is 4.79 Å². The monoisotopic (exact) mass is 428 g/mol. The largest absolute Gasteiger partial charge is 0.381 e. The second-order valence-corrected chi connectivity index (χ2v) is 9.04. The summed E-state index contributed by atoms with van der Waals surface area (Å²) in [6.07, 6.45) is 2.35. The summed E-state index contributed by atoms with van der Waals surface area (Å²) in [5.74, 6) is 1.26. The molecule has 31 heavy (non-hydrogen) atoms. The number of aromatic nitrogens is 2. The van der Waals surface area contributed by atoms with Crippen molar-refractivity contribution in [2.75, 3.05) is 13.2 Å². The van der Waals surface area contributed by atoms with E-state index >= 15 is 0 Å². The van der Waals surface area contributed by atoms with Crippen LogP contribution in [0.1, 0.15) is 45.9 Å². The van der Waals surface area contributed by atoms with E-state index in [0.717, 1.165) is 65.3 Å². The summed E-state index contributed by atoms with van der Waals surface area (Å²) < 4.78 is 6.74. The number of hydrogen-bond donors (Lipinski definition) is 0. The predicted octanol–water partition coefficient (Wildman–Crippen LogP) is 5.99. The summed E-state index contributed by atoms with van der Waals surface area (Å²) in [5.41, 5.74) is 5.92.